The Morgan fingerprint density at radius 1 is 1.33 bits per heavy atom. The van der Waals surface area contributed by atoms with Gasteiger partial charge in [0.1, 0.15) is 5.02 Å². The van der Waals surface area contributed by atoms with E-state index in [4.69, 9.17) is 16.7 Å². The number of hydrogen-bond donors (Lipinski definition) is 1. The van der Waals surface area contributed by atoms with Crippen molar-refractivity contribution in [2.75, 3.05) is 0 Å². The molecule has 9 nitrogen and oxygen atoms in total. The van der Waals surface area contributed by atoms with Crippen molar-refractivity contribution >= 4 is 34.2 Å². The third-order valence-corrected chi connectivity index (χ3v) is 2.52. The first kappa shape index (κ1) is 24.2. The Kier molecular flexibility index (Phi) is 10.6. The number of rotatable bonds is 2. The van der Waals surface area contributed by atoms with Crippen molar-refractivity contribution in [3.63, 3.8) is 0 Å². The van der Waals surface area contributed by atoms with Gasteiger partial charge in [-0.3, -0.25) is 15.1 Å². The van der Waals surface area contributed by atoms with E-state index < -0.39 is 10.9 Å². The SMILES string of the molecule is O=C(O)c1cc(Cl)c([N+](=O)[O-])c2cccnc12.[Cr+6].[O-2].[O-2].[O-2]. The first-order valence-electron chi connectivity index (χ1n) is 4.47. The normalized spacial score (nSPS) is 8.43. The maximum absolute atomic E-state index is 11.0. The quantitative estimate of drug-likeness (QED) is 0.640. The number of nitro benzene ring substituents is 1. The van der Waals surface area contributed by atoms with Crippen LogP contribution in [0.15, 0.2) is 24.4 Å². The van der Waals surface area contributed by atoms with Gasteiger partial charge in [0.05, 0.1) is 21.4 Å². The summed E-state index contributed by atoms with van der Waals surface area (Å²) in [5, 5.41) is 19.7. The fourth-order valence-electron chi connectivity index (χ4n) is 1.55. The van der Waals surface area contributed by atoms with Gasteiger partial charge in [0.2, 0.25) is 0 Å². The van der Waals surface area contributed by atoms with Crippen LogP contribution in [-0.2, 0) is 33.8 Å². The number of halogens is 1. The smallest absolute Gasteiger partial charge is 2.00 e. The Labute approximate surface area is 133 Å². The van der Waals surface area contributed by atoms with E-state index in [0.717, 1.165) is 6.07 Å². The number of nitrogens with zero attached hydrogens (tertiary/aromatic N) is 2. The Morgan fingerprint density at radius 2 is 1.90 bits per heavy atom. The molecule has 0 spiro atoms. The predicted molar refractivity (Wildman–Crippen MR) is 62.4 cm³/mol. The minimum absolute atomic E-state index is 0. The molecule has 0 atom stereocenters. The van der Waals surface area contributed by atoms with Crippen molar-refractivity contribution < 1.29 is 48.6 Å². The number of carboxylic acid groups (broad SMARTS) is 1. The zero-order valence-corrected chi connectivity index (χ0v) is 11.9. The van der Waals surface area contributed by atoms with Crippen molar-refractivity contribution in [2.24, 2.45) is 0 Å². The van der Waals surface area contributed by atoms with Gasteiger partial charge in [-0.15, -0.1) is 0 Å². The van der Waals surface area contributed by atoms with Gasteiger partial charge in [0.25, 0.3) is 5.69 Å². The molecule has 1 N–H and O–H groups in total. The van der Waals surface area contributed by atoms with Crippen molar-refractivity contribution in [1.82, 2.24) is 4.98 Å². The Balaban J connectivity index is -0.000000810. The molecule has 0 saturated carbocycles. The number of aromatic nitrogens is 1. The van der Waals surface area contributed by atoms with Crippen molar-refractivity contribution in [1.29, 1.82) is 0 Å². The van der Waals surface area contributed by atoms with Gasteiger partial charge in [0.15, 0.2) is 0 Å². The molecule has 2 aromatic rings. The molecule has 0 saturated heterocycles. The second kappa shape index (κ2) is 9.20. The van der Waals surface area contributed by atoms with Crippen molar-refractivity contribution in [3.05, 3.63) is 45.1 Å². The first-order valence-corrected chi connectivity index (χ1v) is 4.85. The number of hydrogen-bond acceptors (Lipinski definition) is 4. The topological polar surface area (TPSA) is 179 Å². The summed E-state index contributed by atoms with van der Waals surface area (Å²) < 4.78 is 0. The molecule has 0 bridgehead atoms. The van der Waals surface area contributed by atoms with Crippen LogP contribution in [0.1, 0.15) is 10.4 Å². The van der Waals surface area contributed by atoms with Crippen LogP contribution in [0.25, 0.3) is 10.9 Å². The molecule has 0 radical (unpaired) electrons. The monoisotopic (exact) mass is 352 g/mol. The standard InChI is InChI=1S/C10H5ClN2O4.Cr.3O/c11-7-4-6(10(14)15)8-5(2-1-3-12-8)9(7)13(16)17;;;;/h1-4H,(H,14,15);;;;/q;+6;3*-2. The molecule has 1 aromatic heterocycles. The predicted octanol–water partition coefficient (Wildman–Crippen LogP) is 2.14. The molecule has 1 heterocycles. The number of carboxylic acids is 1. The van der Waals surface area contributed by atoms with Crippen LogP contribution >= 0.6 is 11.6 Å². The van der Waals surface area contributed by atoms with Gasteiger partial charge in [-0.05, 0) is 18.2 Å². The Hall–Kier alpha value is -1.80. The number of nitro groups is 1. The van der Waals surface area contributed by atoms with Crippen LogP contribution in [0.5, 0.6) is 0 Å². The van der Waals surface area contributed by atoms with E-state index in [2.05, 4.69) is 4.98 Å². The molecule has 0 fully saturated rings. The number of pyridine rings is 1. The van der Waals surface area contributed by atoms with E-state index in [-0.39, 0.29) is 61.0 Å². The zero-order chi connectivity index (χ0) is 12.6. The summed E-state index contributed by atoms with van der Waals surface area (Å²) in [6.07, 6.45) is 1.37. The average molecular weight is 353 g/mol. The fraction of sp³-hybridized carbons (Fsp3) is 0. The van der Waals surface area contributed by atoms with Gasteiger partial charge >= 0.3 is 23.3 Å². The Bertz CT molecular complexity index is 653. The maximum Gasteiger partial charge on any atom is 6.00 e. The third-order valence-electron chi connectivity index (χ3n) is 2.23. The van der Waals surface area contributed by atoms with E-state index in [1.54, 1.807) is 0 Å². The third kappa shape index (κ3) is 4.33. The van der Waals surface area contributed by atoms with E-state index in [1.807, 2.05) is 0 Å². The molecule has 0 amide bonds. The van der Waals surface area contributed by atoms with Crippen LogP contribution in [-0.4, -0.2) is 21.0 Å². The number of fused-ring (bicyclic) bond motifs is 1. The summed E-state index contributed by atoms with van der Waals surface area (Å²) in [4.78, 5) is 25.0. The molecule has 2 rings (SSSR count). The van der Waals surface area contributed by atoms with Crippen LogP contribution in [0.2, 0.25) is 5.02 Å². The van der Waals surface area contributed by atoms with Crippen molar-refractivity contribution in [3.8, 4) is 0 Å². The van der Waals surface area contributed by atoms with Gasteiger partial charge < -0.3 is 21.5 Å². The van der Waals surface area contributed by atoms with E-state index in [9.17, 15) is 14.9 Å². The minimum Gasteiger partial charge on any atom is -2.00 e. The fourth-order valence-corrected chi connectivity index (χ4v) is 1.83. The summed E-state index contributed by atoms with van der Waals surface area (Å²) in [5.41, 5.74) is -0.438. The van der Waals surface area contributed by atoms with Gasteiger partial charge in [-0.1, -0.05) is 11.6 Å². The maximum atomic E-state index is 11.0. The van der Waals surface area contributed by atoms with Crippen LogP contribution < -0.4 is 0 Å². The second-order valence-corrected chi connectivity index (χ2v) is 3.62. The molecule has 0 aliphatic carbocycles. The van der Waals surface area contributed by atoms with Crippen molar-refractivity contribution in [2.45, 2.75) is 0 Å². The molecule has 110 valence electrons. The summed E-state index contributed by atoms with van der Waals surface area (Å²) in [7, 11) is 0. The number of benzene rings is 1. The molecule has 0 unspecified atom stereocenters. The van der Waals surface area contributed by atoms with Gasteiger partial charge in [-0.2, -0.15) is 0 Å². The summed E-state index contributed by atoms with van der Waals surface area (Å²) in [6, 6.07) is 3.94. The molecule has 11 heteroatoms. The van der Waals surface area contributed by atoms with Crippen LogP contribution in [0.3, 0.4) is 0 Å². The molecular formula is C10H5ClCrN2O7. The molecule has 0 aliphatic heterocycles. The van der Waals surface area contributed by atoms with Gasteiger partial charge in [0, 0.05) is 6.20 Å². The van der Waals surface area contributed by atoms with E-state index >= 15 is 0 Å². The summed E-state index contributed by atoms with van der Waals surface area (Å²) in [5.74, 6) is -1.23. The number of aromatic carboxylic acids is 1. The molecule has 21 heavy (non-hydrogen) atoms. The summed E-state index contributed by atoms with van der Waals surface area (Å²) >= 11 is 5.71. The molecule has 0 aliphatic rings. The van der Waals surface area contributed by atoms with Gasteiger partial charge in [-0.25, -0.2) is 4.79 Å². The number of carbonyl (C=O) groups is 1. The molecular weight excluding hydrogens is 348 g/mol. The van der Waals surface area contributed by atoms with Crippen LogP contribution in [0.4, 0.5) is 5.69 Å². The molecule has 1 aromatic carbocycles. The zero-order valence-electron chi connectivity index (χ0n) is 9.89. The van der Waals surface area contributed by atoms with E-state index in [0.29, 0.717) is 0 Å². The van der Waals surface area contributed by atoms with Crippen LogP contribution in [0, 0.1) is 10.1 Å². The average Bonchev–Trinajstić information content (AvgIpc) is 2.27. The first-order chi connectivity index (χ1) is 8.02. The van der Waals surface area contributed by atoms with E-state index in [1.165, 1.54) is 18.3 Å². The Morgan fingerprint density at radius 3 is 2.38 bits per heavy atom. The second-order valence-electron chi connectivity index (χ2n) is 3.22. The summed E-state index contributed by atoms with van der Waals surface area (Å²) in [6.45, 7) is 0. The largest absolute Gasteiger partial charge is 6.00 e. The minimum atomic E-state index is -1.23.